The van der Waals surface area contributed by atoms with Crippen LogP contribution in [0.2, 0.25) is 0 Å². The van der Waals surface area contributed by atoms with Gasteiger partial charge < -0.3 is 15.3 Å². The molecule has 4 heterocycles. The zero-order valence-corrected chi connectivity index (χ0v) is 22.2. The van der Waals surface area contributed by atoms with Gasteiger partial charge in [0.1, 0.15) is 11.5 Å². The number of hydrogen-bond donors (Lipinski definition) is 3. The molecule has 3 amide bonds. The third-order valence-corrected chi connectivity index (χ3v) is 7.07. The number of pyridine rings is 1. The number of aromatic nitrogens is 4. The second kappa shape index (κ2) is 9.51. The predicted octanol–water partition coefficient (Wildman–Crippen LogP) is 6.42. The molecule has 41 heavy (non-hydrogen) atoms. The lowest BCUT2D eigenvalue weighted by Crippen LogP contribution is -2.45. The Bertz CT molecular complexity index is 1840. The molecule has 0 aliphatic carbocycles. The molecule has 12 heteroatoms. The summed E-state index contributed by atoms with van der Waals surface area (Å²) in [5.74, 6) is -0.512. The topological polar surface area (TPSA) is 110 Å². The Labute approximate surface area is 232 Å². The van der Waals surface area contributed by atoms with Gasteiger partial charge in [0.15, 0.2) is 0 Å². The first-order valence-corrected chi connectivity index (χ1v) is 12.7. The summed E-state index contributed by atoms with van der Waals surface area (Å²) in [4.78, 5) is 44.4. The maximum absolute atomic E-state index is 13.7. The third-order valence-electron chi connectivity index (χ3n) is 7.07. The van der Waals surface area contributed by atoms with E-state index < -0.39 is 17.6 Å². The summed E-state index contributed by atoms with van der Waals surface area (Å²) in [5.41, 5.74) is 3.59. The second-order valence-electron chi connectivity index (χ2n) is 9.97. The summed E-state index contributed by atoms with van der Waals surface area (Å²) in [5, 5.41) is 3.52. The molecule has 9 nitrogen and oxygen atoms in total. The second-order valence-corrected chi connectivity index (χ2v) is 9.97. The van der Waals surface area contributed by atoms with Gasteiger partial charge in [0.2, 0.25) is 0 Å². The molecule has 0 fully saturated rings. The number of aromatic amines is 2. The van der Waals surface area contributed by atoms with E-state index in [1.54, 1.807) is 54.4 Å². The first-order valence-electron chi connectivity index (χ1n) is 12.7. The molecule has 3 N–H and O–H groups in total. The fraction of sp³-hybridized carbons (Fsp3) is 0.172. The van der Waals surface area contributed by atoms with Crippen LogP contribution in [-0.2, 0) is 12.7 Å². The van der Waals surface area contributed by atoms with Crippen LogP contribution in [0.15, 0.2) is 61.1 Å². The van der Waals surface area contributed by atoms with Crippen molar-refractivity contribution < 1.29 is 22.8 Å². The zero-order valence-electron chi connectivity index (χ0n) is 22.2. The van der Waals surface area contributed by atoms with Crippen molar-refractivity contribution in [1.82, 2.24) is 19.9 Å². The number of nitrogens with one attached hydrogen (secondary N) is 3. The minimum absolute atomic E-state index is 0.133. The number of alkyl halides is 3. The highest BCUT2D eigenvalue weighted by atomic mass is 19.4. The van der Waals surface area contributed by atoms with E-state index in [1.165, 1.54) is 12.3 Å². The quantitative estimate of drug-likeness (QED) is 0.236. The number of hydrogen-bond acceptors (Lipinski definition) is 4. The van der Waals surface area contributed by atoms with Crippen LogP contribution in [0.4, 0.5) is 35.0 Å². The number of H-pyrrole nitrogens is 2. The average molecular weight is 560 g/mol. The van der Waals surface area contributed by atoms with Crippen LogP contribution in [-0.4, -0.2) is 38.9 Å². The lowest BCUT2D eigenvalue weighted by atomic mass is 10.0. The molecular formula is C29H24F3N7O2. The molecule has 0 saturated carbocycles. The number of nitrogens with zero attached hydrogens (tertiary/aromatic N) is 4. The highest BCUT2D eigenvalue weighted by molar-refractivity contribution is 6.11. The number of carbonyl (C=O) groups excluding carboxylic acids is 2. The number of amides is 3. The number of rotatable bonds is 4. The summed E-state index contributed by atoms with van der Waals surface area (Å²) in [6.45, 7) is 3.82. The van der Waals surface area contributed by atoms with Gasteiger partial charge in [-0.05, 0) is 55.8 Å². The third kappa shape index (κ3) is 4.66. The van der Waals surface area contributed by atoms with Gasteiger partial charge >= 0.3 is 12.2 Å². The van der Waals surface area contributed by atoms with Crippen LogP contribution in [0.25, 0.3) is 22.4 Å². The maximum Gasteiger partial charge on any atom is 0.416 e. The van der Waals surface area contributed by atoms with Gasteiger partial charge in [-0.1, -0.05) is 6.07 Å². The van der Waals surface area contributed by atoms with Crippen LogP contribution in [0.5, 0.6) is 0 Å². The predicted molar refractivity (Wildman–Crippen MR) is 149 cm³/mol. The maximum atomic E-state index is 13.7. The van der Waals surface area contributed by atoms with E-state index in [9.17, 15) is 22.8 Å². The van der Waals surface area contributed by atoms with Crippen molar-refractivity contribution in [1.29, 1.82) is 0 Å². The van der Waals surface area contributed by atoms with Crippen LogP contribution in [0.1, 0.15) is 32.7 Å². The number of anilines is 3. The van der Waals surface area contributed by atoms with Crippen molar-refractivity contribution in [2.75, 3.05) is 22.2 Å². The van der Waals surface area contributed by atoms with E-state index in [0.717, 1.165) is 34.3 Å². The molecule has 1 aliphatic heterocycles. The van der Waals surface area contributed by atoms with Crippen molar-refractivity contribution in [3.8, 4) is 11.4 Å². The van der Waals surface area contributed by atoms with Crippen molar-refractivity contribution >= 4 is 40.0 Å². The lowest BCUT2D eigenvalue weighted by Gasteiger charge is -2.36. The fourth-order valence-electron chi connectivity index (χ4n) is 5.05. The van der Waals surface area contributed by atoms with Crippen LogP contribution < -0.4 is 15.1 Å². The van der Waals surface area contributed by atoms with Crippen LogP contribution >= 0.6 is 0 Å². The molecule has 0 unspecified atom stereocenters. The van der Waals surface area contributed by atoms with E-state index in [2.05, 4.69) is 25.3 Å². The summed E-state index contributed by atoms with van der Waals surface area (Å²) >= 11 is 0. The minimum atomic E-state index is -4.67. The Morgan fingerprint density at radius 3 is 2.59 bits per heavy atom. The monoisotopic (exact) mass is 559 g/mol. The Kier molecular flexibility index (Phi) is 6.05. The molecule has 5 aromatic rings. The number of imidazole rings is 1. The Morgan fingerprint density at radius 2 is 1.85 bits per heavy atom. The van der Waals surface area contributed by atoms with E-state index in [0.29, 0.717) is 22.7 Å². The lowest BCUT2D eigenvalue weighted by molar-refractivity contribution is -0.137. The number of benzene rings is 2. The molecular weight excluding hydrogens is 535 g/mol. The molecule has 208 valence electrons. The summed E-state index contributed by atoms with van der Waals surface area (Å²) in [7, 11) is 1.69. The van der Waals surface area contributed by atoms with Crippen molar-refractivity contribution in [3.05, 3.63) is 89.0 Å². The Balaban J connectivity index is 1.32. The molecule has 3 aromatic heterocycles. The molecule has 0 spiro atoms. The van der Waals surface area contributed by atoms with Gasteiger partial charge in [-0.3, -0.25) is 14.6 Å². The highest BCUT2D eigenvalue weighted by Crippen LogP contribution is 2.37. The van der Waals surface area contributed by atoms with Gasteiger partial charge in [0.25, 0.3) is 5.91 Å². The van der Waals surface area contributed by atoms with E-state index in [-0.39, 0.29) is 29.5 Å². The molecule has 0 bridgehead atoms. The van der Waals surface area contributed by atoms with E-state index >= 15 is 0 Å². The number of urea groups is 1. The minimum Gasteiger partial charge on any atom is -0.346 e. The Morgan fingerprint density at radius 1 is 1.05 bits per heavy atom. The van der Waals surface area contributed by atoms with Crippen molar-refractivity contribution in [2.24, 2.45) is 0 Å². The number of fused-ring (bicyclic) bond motifs is 3. The highest BCUT2D eigenvalue weighted by Gasteiger charge is 2.33. The number of aryl methyl sites for hydroxylation is 2. The number of carbonyl (C=O) groups is 2. The van der Waals surface area contributed by atoms with E-state index in [4.69, 9.17) is 0 Å². The standard InChI is InChI=1S/C29H24F3N7O2/c1-15-4-5-21(11-23(15)39-14-19-13-35-26-22(6-7-33-26)24(19)38(3)28(39)41)37-27(40)18-8-17(25-34-12-16(2)36-25)9-20(10-18)29(30,31)32/h4-13H,14H2,1-3H3,(H,33,35)(H,34,36)(H,37,40). The zero-order chi connectivity index (χ0) is 29.1. The van der Waals surface area contributed by atoms with E-state index in [1.807, 2.05) is 13.0 Å². The fourth-order valence-corrected chi connectivity index (χ4v) is 5.05. The van der Waals surface area contributed by atoms with Gasteiger partial charge in [-0.15, -0.1) is 0 Å². The Hall–Kier alpha value is -5.13. The van der Waals surface area contributed by atoms with Gasteiger partial charge in [0.05, 0.1) is 23.5 Å². The normalized spacial score (nSPS) is 13.6. The van der Waals surface area contributed by atoms with Gasteiger partial charge in [-0.25, -0.2) is 14.8 Å². The number of halogens is 3. The SMILES string of the molecule is Cc1cnc(-c2cc(C(=O)Nc3ccc(C)c(N4Cc5cnc6[nH]ccc6c5N(C)C4=O)c3)cc(C(F)(F)F)c2)[nH]1. The molecule has 0 saturated heterocycles. The van der Waals surface area contributed by atoms with Gasteiger partial charge in [-0.2, -0.15) is 13.2 Å². The first-order chi connectivity index (χ1) is 19.5. The van der Waals surface area contributed by atoms with Crippen molar-refractivity contribution in [3.63, 3.8) is 0 Å². The van der Waals surface area contributed by atoms with Crippen LogP contribution in [0.3, 0.4) is 0 Å². The first kappa shape index (κ1) is 26.1. The molecule has 6 rings (SSSR count). The molecule has 0 atom stereocenters. The smallest absolute Gasteiger partial charge is 0.346 e. The average Bonchev–Trinajstić information content (AvgIpc) is 3.60. The molecule has 1 aliphatic rings. The summed E-state index contributed by atoms with van der Waals surface area (Å²) in [6, 6.07) is 9.72. The van der Waals surface area contributed by atoms with Gasteiger partial charge in [0, 0.05) is 59.1 Å². The largest absolute Gasteiger partial charge is 0.416 e. The summed E-state index contributed by atoms with van der Waals surface area (Å²) < 4.78 is 41.1. The molecule has 2 aromatic carbocycles. The molecule has 0 radical (unpaired) electrons. The summed E-state index contributed by atoms with van der Waals surface area (Å²) in [6.07, 6.45) is 0.318. The van der Waals surface area contributed by atoms with Crippen molar-refractivity contribution in [2.45, 2.75) is 26.6 Å². The van der Waals surface area contributed by atoms with Crippen LogP contribution in [0, 0.1) is 13.8 Å².